The Labute approximate surface area is 177 Å². The minimum atomic E-state index is -0.343. The van der Waals surface area contributed by atoms with Crippen molar-refractivity contribution in [1.29, 1.82) is 0 Å². The number of hydrogen-bond donors (Lipinski definition) is 0. The van der Waals surface area contributed by atoms with Crippen LogP contribution in [0.4, 0.5) is 0 Å². The highest BCUT2D eigenvalue weighted by atomic mass is 79.9. The lowest BCUT2D eigenvalue weighted by Gasteiger charge is -2.36. The van der Waals surface area contributed by atoms with Gasteiger partial charge in [0, 0.05) is 6.42 Å². The molecule has 2 aromatic carbocycles. The molecule has 0 saturated heterocycles. The minimum absolute atomic E-state index is 0.0692. The van der Waals surface area contributed by atoms with E-state index in [-0.39, 0.29) is 35.6 Å². The van der Waals surface area contributed by atoms with E-state index in [0.717, 1.165) is 10.0 Å². The Hall–Kier alpha value is -2.60. The van der Waals surface area contributed by atoms with E-state index in [4.69, 9.17) is 14.2 Å². The van der Waals surface area contributed by atoms with Gasteiger partial charge >= 0.3 is 5.97 Å². The summed E-state index contributed by atoms with van der Waals surface area (Å²) < 4.78 is 18.0. The maximum atomic E-state index is 12.9. The van der Waals surface area contributed by atoms with E-state index in [0.29, 0.717) is 30.6 Å². The number of aryl methyl sites for hydroxylation is 1. The maximum Gasteiger partial charge on any atom is 0.338 e. The van der Waals surface area contributed by atoms with Crippen molar-refractivity contribution >= 4 is 27.7 Å². The Balaban J connectivity index is 1.39. The second kappa shape index (κ2) is 8.41. The Morgan fingerprint density at radius 2 is 1.86 bits per heavy atom. The average Bonchev–Trinajstić information content (AvgIpc) is 2.72. The number of Topliss-reactive ketones (excluding diaryl/α,β-unsaturated/α-hetero) is 1. The number of allylic oxidation sites excluding steroid dienone is 1. The molecule has 0 spiro atoms. The van der Waals surface area contributed by atoms with Crippen molar-refractivity contribution in [2.45, 2.75) is 38.4 Å². The number of halogens is 1. The second-order valence-corrected chi connectivity index (χ2v) is 8.22. The molecule has 29 heavy (non-hydrogen) atoms. The van der Waals surface area contributed by atoms with Crippen molar-refractivity contribution in [3.63, 3.8) is 0 Å². The molecule has 0 bridgehead atoms. The summed E-state index contributed by atoms with van der Waals surface area (Å²) in [5.41, 5.74) is 1.62. The van der Waals surface area contributed by atoms with Crippen molar-refractivity contribution in [3.8, 4) is 5.75 Å². The molecule has 4 rings (SSSR count). The zero-order valence-corrected chi connectivity index (χ0v) is 17.6. The topological polar surface area (TPSA) is 61.8 Å². The number of carbonyl (C=O) groups excluding carboxylic acids is 2. The number of para-hydroxylation sites is 1. The zero-order chi connectivity index (χ0) is 20.4. The Kier molecular flexibility index (Phi) is 5.72. The fourth-order valence-corrected chi connectivity index (χ4v) is 4.04. The van der Waals surface area contributed by atoms with Gasteiger partial charge in [-0.25, -0.2) is 4.79 Å². The van der Waals surface area contributed by atoms with E-state index < -0.39 is 0 Å². The lowest BCUT2D eigenvalue weighted by Crippen LogP contribution is -2.43. The van der Waals surface area contributed by atoms with Crippen LogP contribution < -0.4 is 4.74 Å². The van der Waals surface area contributed by atoms with Gasteiger partial charge in [-0.15, -0.1) is 0 Å². The lowest BCUT2D eigenvalue weighted by molar-refractivity contribution is -0.132. The van der Waals surface area contributed by atoms with Gasteiger partial charge in [0.1, 0.15) is 24.2 Å². The van der Waals surface area contributed by atoms with Gasteiger partial charge in [-0.3, -0.25) is 4.79 Å². The van der Waals surface area contributed by atoms with Crippen LogP contribution in [0.15, 0.2) is 65.0 Å². The molecule has 150 valence electrons. The Morgan fingerprint density at radius 1 is 1.10 bits per heavy atom. The van der Waals surface area contributed by atoms with E-state index in [1.54, 1.807) is 18.2 Å². The normalized spacial score (nSPS) is 23.4. The molecule has 6 heteroatoms. The number of esters is 1. The molecule has 1 saturated carbocycles. The summed E-state index contributed by atoms with van der Waals surface area (Å²) in [6, 6.07) is 14.6. The summed E-state index contributed by atoms with van der Waals surface area (Å²) in [4.78, 5) is 25.2. The van der Waals surface area contributed by atoms with Crippen LogP contribution in [-0.2, 0) is 14.3 Å². The summed E-state index contributed by atoms with van der Waals surface area (Å²) in [6.45, 7) is 1.97. The standard InChI is InChI=1S/C23H21BrO5/c1-14-6-8-15(9-7-14)23(26)28-16-10-11-17-20(12-16)27-13-21(22(17)25)29-19-5-3-2-4-18(19)24/h2-9,13,16-17,20H,10-12H2,1H3. The summed E-state index contributed by atoms with van der Waals surface area (Å²) in [5, 5.41) is 0. The summed E-state index contributed by atoms with van der Waals surface area (Å²) in [5.74, 6) is 0.0688. The monoisotopic (exact) mass is 456 g/mol. The molecule has 0 amide bonds. The predicted octanol–water partition coefficient (Wildman–Crippen LogP) is 4.97. The van der Waals surface area contributed by atoms with Crippen LogP contribution in [0.25, 0.3) is 0 Å². The first-order valence-corrected chi connectivity index (χ1v) is 10.4. The largest absolute Gasteiger partial charge is 0.493 e. The third-order valence-corrected chi connectivity index (χ3v) is 5.95. The summed E-state index contributed by atoms with van der Waals surface area (Å²) in [7, 11) is 0. The van der Waals surface area contributed by atoms with Gasteiger partial charge in [-0.05, 0) is 60.0 Å². The van der Waals surface area contributed by atoms with E-state index in [2.05, 4.69) is 15.9 Å². The highest BCUT2D eigenvalue weighted by Crippen LogP contribution is 2.36. The molecule has 5 nitrogen and oxygen atoms in total. The molecule has 3 unspecified atom stereocenters. The third kappa shape index (κ3) is 4.37. The van der Waals surface area contributed by atoms with Crippen LogP contribution in [0.1, 0.15) is 35.2 Å². The molecule has 1 fully saturated rings. The number of rotatable bonds is 4. The molecular formula is C23H21BrO5. The molecule has 0 radical (unpaired) electrons. The van der Waals surface area contributed by atoms with Gasteiger partial charge in [-0.1, -0.05) is 29.8 Å². The van der Waals surface area contributed by atoms with Crippen LogP contribution in [-0.4, -0.2) is 24.0 Å². The molecule has 3 atom stereocenters. The van der Waals surface area contributed by atoms with E-state index in [1.807, 2.05) is 37.3 Å². The predicted molar refractivity (Wildman–Crippen MR) is 110 cm³/mol. The van der Waals surface area contributed by atoms with Crippen molar-refractivity contribution in [2.75, 3.05) is 0 Å². The van der Waals surface area contributed by atoms with E-state index in [9.17, 15) is 9.59 Å². The number of hydrogen-bond acceptors (Lipinski definition) is 5. The van der Waals surface area contributed by atoms with Crippen molar-refractivity contribution in [3.05, 3.63) is 76.2 Å². The fourth-order valence-electron chi connectivity index (χ4n) is 3.67. The average molecular weight is 457 g/mol. The van der Waals surface area contributed by atoms with E-state index >= 15 is 0 Å². The van der Waals surface area contributed by atoms with Gasteiger partial charge in [0.15, 0.2) is 0 Å². The molecular weight excluding hydrogens is 436 g/mol. The summed E-state index contributed by atoms with van der Waals surface area (Å²) >= 11 is 3.41. The first-order valence-electron chi connectivity index (χ1n) is 9.61. The maximum absolute atomic E-state index is 12.9. The zero-order valence-electron chi connectivity index (χ0n) is 16.0. The molecule has 2 aliphatic rings. The van der Waals surface area contributed by atoms with Gasteiger partial charge in [0.05, 0.1) is 16.0 Å². The first-order chi connectivity index (χ1) is 14.0. The van der Waals surface area contributed by atoms with E-state index in [1.165, 1.54) is 6.26 Å². The van der Waals surface area contributed by atoms with Gasteiger partial charge in [0.2, 0.25) is 11.5 Å². The number of ketones is 1. The number of carbonyl (C=O) groups is 2. The molecule has 0 N–H and O–H groups in total. The SMILES string of the molecule is Cc1ccc(C(=O)OC2CCC3C(=O)C(Oc4ccccc4Br)=COC3C2)cc1. The van der Waals surface area contributed by atoms with Crippen LogP contribution in [0.5, 0.6) is 5.75 Å². The van der Waals surface area contributed by atoms with Crippen molar-refractivity contribution in [2.24, 2.45) is 5.92 Å². The van der Waals surface area contributed by atoms with Gasteiger partial charge in [-0.2, -0.15) is 0 Å². The first kappa shape index (κ1) is 19.7. The smallest absolute Gasteiger partial charge is 0.338 e. The highest BCUT2D eigenvalue weighted by molar-refractivity contribution is 9.10. The lowest BCUT2D eigenvalue weighted by atomic mass is 9.80. The number of ether oxygens (including phenoxy) is 3. The molecule has 1 aliphatic carbocycles. The summed E-state index contributed by atoms with van der Waals surface area (Å²) in [6.07, 6.45) is 2.51. The van der Waals surface area contributed by atoms with Crippen LogP contribution in [0, 0.1) is 12.8 Å². The molecule has 1 heterocycles. The Bertz CT molecular complexity index is 950. The van der Waals surface area contributed by atoms with Crippen LogP contribution >= 0.6 is 15.9 Å². The highest BCUT2D eigenvalue weighted by Gasteiger charge is 2.42. The molecule has 2 aromatic rings. The fraction of sp³-hybridized carbons (Fsp3) is 0.304. The quantitative estimate of drug-likeness (QED) is 0.607. The minimum Gasteiger partial charge on any atom is -0.493 e. The molecule has 1 aliphatic heterocycles. The third-order valence-electron chi connectivity index (χ3n) is 5.29. The van der Waals surface area contributed by atoms with Gasteiger partial charge < -0.3 is 14.2 Å². The van der Waals surface area contributed by atoms with Crippen molar-refractivity contribution in [1.82, 2.24) is 0 Å². The Morgan fingerprint density at radius 3 is 2.62 bits per heavy atom. The number of benzene rings is 2. The van der Waals surface area contributed by atoms with Crippen molar-refractivity contribution < 1.29 is 23.8 Å². The second-order valence-electron chi connectivity index (χ2n) is 7.37. The van der Waals surface area contributed by atoms with Crippen LogP contribution in [0.3, 0.4) is 0 Å². The van der Waals surface area contributed by atoms with Crippen LogP contribution in [0.2, 0.25) is 0 Å². The van der Waals surface area contributed by atoms with Gasteiger partial charge in [0.25, 0.3) is 0 Å². The number of fused-ring (bicyclic) bond motifs is 1. The molecule has 0 aromatic heterocycles.